The van der Waals surface area contributed by atoms with Gasteiger partial charge >= 0.3 is 0 Å². The lowest BCUT2D eigenvalue weighted by Gasteiger charge is -2.05. The molecular formula is C16H19. The summed E-state index contributed by atoms with van der Waals surface area (Å²) in [5.41, 5.74) is 2.57. The SMILES string of the molecule is [CH2]c1cccc2cc(CCCCC)ccc12. The van der Waals surface area contributed by atoms with E-state index in [4.69, 9.17) is 0 Å². The Hall–Kier alpha value is -1.30. The molecule has 0 aliphatic rings. The average molecular weight is 211 g/mol. The van der Waals surface area contributed by atoms with Gasteiger partial charge in [0, 0.05) is 0 Å². The Morgan fingerprint density at radius 3 is 2.75 bits per heavy atom. The van der Waals surface area contributed by atoms with Crippen molar-refractivity contribution in [2.24, 2.45) is 0 Å². The van der Waals surface area contributed by atoms with Gasteiger partial charge in [0.25, 0.3) is 0 Å². The van der Waals surface area contributed by atoms with Gasteiger partial charge in [-0.25, -0.2) is 0 Å². The third kappa shape index (κ3) is 2.44. The van der Waals surface area contributed by atoms with E-state index in [1.54, 1.807) is 0 Å². The van der Waals surface area contributed by atoms with Crippen molar-refractivity contribution in [2.45, 2.75) is 32.6 Å². The second-order valence-corrected chi connectivity index (χ2v) is 4.43. The Labute approximate surface area is 98.3 Å². The molecule has 0 atom stereocenters. The van der Waals surface area contributed by atoms with Crippen molar-refractivity contribution >= 4 is 10.8 Å². The summed E-state index contributed by atoms with van der Waals surface area (Å²) in [4.78, 5) is 0. The molecule has 83 valence electrons. The maximum absolute atomic E-state index is 4.05. The van der Waals surface area contributed by atoms with Crippen molar-refractivity contribution in [3.63, 3.8) is 0 Å². The lowest BCUT2D eigenvalue weighted by Crippen LogP contribution is -1.86. The summed E-state index contributed by atoms with van der Waals surface area (Å²) in [6.45, 7) is 6.30. The molecule has 2 aromatic rings. The first kappa shape index (κ1) is 11.2. The molecule has 0 saturated heterocycles. The molecule has 0 aliphatic carbocycles. The van der Waals surface area contributed by atoms with E-state index in [0.29, 0.717) is 0 Å². The highest BCUT2D eigenvalue weighted by Crippen LogP contribution is 2.20. The maximum atomic E-state index is 4.05. The monoisotopic (exact) mass is 211 g/mol. The Morgan fingerprint density at radius 2 is 1.94 bits per heavy atom. The molecule has 2 aromatic carbocycles. The van der Waals surface area contributed by atoms with Gasteiger partial charge in [-0.3, -0.25) is 0 Å². The molecule has 0 spiro atoms. The quantitative estimate of drug-likeness (QED) is 0.640. The van der Waals surface area contributed by atoms with Crippen LogP contribution in [0.2, 0.25) is 0 Å². The van der Waals surface area contributed by atoms with E-state index in [1.807, 2.05) is 0 Å². The van der Waals surface area contributed by atoms with Gasteiger partial charge in [-0.1, -0.05) is 56.2 Å². The van der Waals surface area contributed by atoms with Crippen molar-refractivity contribution in [3.05, 3.63) is 54.4 Å². The van der Waals surface area contributed by atoms with Crippen LogP contribution in [-0.4, -0.2) is 0 Å². The maximum Gasteiger partial charge on any atom is -0.0152 e. The number of rotatable bonds is 4. The fourth-order valence-electron chi connectivity index (χ4n) is 2.13. The molecule has 0 bridgehead atoms. The van der Waals surface area contributed by atoms with Crippen LogP contribution in [0.1, 0.15) is 37.3 Å². The number of hydrogen-bond acceptors (Lipinski definition) is 0. The Kier molecular flexibility index (Phi) is 3.61. The normalized spacial score (nSPS) is 10.9. The van der Waals surface area contributed by atoms with Crippen molar-refractivity contribution in [1.29, 1.82) is 0 Å². The van der Waals surface area contributed by atoms with Crippen LogP contribution in [0.4, 0.5) is 0 Å². The molecule has 0 aliphatic heterocycles. The van der Waals surface area contributed by atoms with Gasteiger partial charge in [-0.05, 0) is 41.7 Å². The van der Waals surface area contributed by atoms with Crippen LogP contribution in [0.3, 0.4) is 0 Å². The van der Waals surface area contributed by atoms with Crippen LogP contribution in [0.5, 0.6) is 0 Å². The summed E-state index contributed by atoms with van der Waals surface area (Å²) in [7, 11) is 0. The first-order chi connectivity index (χ1) is 7.81. The molecule has 16 heavy (non-hydrogen) atoms. The predicted octanol–water partition coefficient (Wildman–Crippen LogP) is 4.75. The van der Waals surface area contributed by atoms with Crippen molar-refractivity contribution in [2.75, 3.05) is 0 Å². The zero-order valence-electron chi connectivity index (χ0n) is 10.00. The lowest BCUT2D eigenvalue weighted by molar-refractivity contribution is 0.718. The highest BCUT2D eigenvalue weighted by Gasteiger charge is 1.98. The van der Waals surface area contributed by atoms with Gasteiger partial charge in [0.15, 0.2) is 0 Å². The molecule has 0 N–H and O–H groups in total. The minimum absolute atomic E-state index is 1.12. The highest BCUT2D eigenvalue weighted by atomic mass is 14.0. The molecule has 0 heterocycles. The van der Waals surface area contributed by atoms with Gasteiger partial charge < -0.3 is 0 Å². The number of fused-ring (bicyclic) bond motifs is 1. The zero-order chi connectivity index (χ0) is 11.4. The largest absolute Gasteiger partial charge is 0.0654 e. The molecule has 0 amide bonds. The van der Waals surface area contributed by atoms with E-state index in [-0.39, 0.29) is 0 Å². The van der Waals surface area contributed by atoms with E-state index >= 15 is 0 Å². The molecule has 0 unspecified atom stereocenters. The predicted molar refractivity (Wildman–Crippen MR) is 71.6 cm³/mol. The molecule has 0 aromatic heterocycles. The van der Waals surface area contributed by atoms with Crippen molar-refractivity contribution < 1.29 is 0 Å². The smallest absolute Gasteiger partial charge is 0.0152 e. The van der Waals surface area contributed by atoms with Crippen molar-refractivity contribution in [3.8, 4) is 0 Å². The molecule has 0 heteroatoms. The second-order valence-electron chi connectivity index (χ2n) is 4.43. The summed E-state index contributed by atoms with van der Waals surface area (Å²) < 4.78 is 0. The molecule has 0 nitrogen and oxygen atoms in total. The van der Waals surface area contributed by atoms with Gasteiger partial charge in [0.1, 0.15) is 0 Å². The van der Waals surface area contributed by atoms with Crippen LogP contribution in [0, 0.1) is 6.92 Å². The standard InChI is InChI=1S/C16H19/c1-3-4-5-8-14-10-11-16-13(2)7-6-9-15(16)12-14/h6-7,9-12H,2-5,8H2,1H3. The summed E-state index contributed by atoms with van der Waals surface area (Å²) >= 11 is 0. The summed E-state index contributed by atoms with van der Waals surface area (Å²) in [6.07, 6.45) is 5.11. The van der Waals surface area contributed by atoms with Gasteiger partial charge in [0.05, 0.1) is 0 Å². The number of hydrogen-bond donors (Lipinski definition) is 0. The summed E-state index contributed by atoms with van der Waals surface area (Å²) in [5, 5.41) is 2.60. The first-order valence-electron chi connectivity index (χ1n) is 6.15. The van der Waals surface area contributed by atoms with E-state index in [0.717, 1.165) is 5.56 Å². The fourth-order valence-corrected chi connectivity index (χ4v) is 2.13. The molecular weight excluding hydrogens is 192 g/mol. The number of benzene rings is 2. The molecule has 2 rings (SSSR count). The van der Waals surface area contributed by atoms with Gasteiger partial charge in [-0.2, -0.15) is 0 Å². The van der Waals surface area contributed by atoms with E-state index in [2.05, 4.69) is 50.2 Å². The molecule has 0 fully saturated rings. The van der Waals surface area contributed by atoms with Crippen LogP contribution in [0.25, 0.3) is 10.8 Å². The second kappa shape index (κ2) is 5.16. The van der Waals surface area contributed by atoms with Crippen LogP contribution < -0.4 is 0 Å². The topological polar surface area (TPSA) is 0 Å². The first-order valence-corrected chi connectivity index (χ1v) is 6.15. The van der Waals surface area contributed by atoms with Crippen LogP contribution in [-0.2, 0) is 6.42 Å². The average Bonchev–Trinajstić information content (AvgIpc) is 2.30. The minimum Gasteiger partial charge on any atom is -0.0654 e. The van der Waals surface area contributed by atoms with Crippen LogP contribution in [0.15, 0.2) is 36.4 Å². The minimum atomic E-state index is 1.12. The Morgan fingerprint density at radius 1 is 1.06 bits per heavy atom. The Bertz CT molecular complexity index is 468. The number of unbranched alkanes of at least 4 members (excludes halogenated alkanes) is 2. The Balaban J connectivity index is 2.23. The number of aryl methyl sites for hydroxylation is 1. The van der Waals surface area contributed by atoms with Gasteiger partial charge in [0.2, 0.25) is 0 Å². The van der Waals surface area contributed by atoms with E-state index in [1.165, 1.54) is 42.0 Å². The summed E-state index contributed by atoms with van der Waals surface area (Å²) in [6, 6.07) is 13.1. The third-order valence-electron chi connectivity index (χ3n) is 3.10. The van der Waals surface area contributed by atoms with Gasteiger partial charge in [-0.15, -0.1) is 0 Å². The van der Waals surface area contributed by atoms with E-state index in [9.17, 15) is 0 Å². The summed E-state index contributed by atoms with van der Waals surface area (Å²) in [5.74, 6) is 0. The highest BCUT2D eigenvalue weighted by molar-refractivity contribution is 5.86. The third-order valence-corrected chi connectivity index (χ3v) is 3.10. The molecule has 1 radical (unpaired) electrons. The van der Waals surface area contributed by atoms with Crippen LogP contribution >= 0.6 is 0 Å². The molecule has 0 saturated carbocycles. The fraction of sp³-hybridized carbons (Fsp3) is 0.312. The van der Waals surface area contributed by atoms with Crippen molar-refractivity contribution in [1.82, 2.24) is 0 Å². The lowest BCUT2D eigenvalue weighted by atomic mass is 10.0. The zero-order valence-corrected chi connectivity index (χ0v) is 10.00. The van der Waals surface area contributed by atoms with E-state index < -0.39 is 0 Å².